The second-order valence-electron chi connectivity index (χ2n) is 5.95. The lowest BCUT2D eigenvalue weighted by Gasteiger charge is -2.25. The lowest BCUT2D eigenvalue weighted by atomic mass is 10.0. The number of anilines is 1. The molecule has 0 spiro atoms. The monoisotopic (exact) mass is 329 g/mol. The first-order chi connectivity index (χ1) is 11.6. The second-order valence-corrected chi connectivity index (χ2v) is 5.95. The Bertz CT molecular complexity index is 642. The van der Waals surface area contributed by atoms with Gasteiger partial charge in [0.15, 0.2) is 0 Å². The first-order valence-electron chi connectivity index (χ1n) is 8.02. The minimum atomic E-state index is -0.357. The molecule has 126 valence electrons. The molecule has 2 aliphatic heterocycles. The Morgan fingerprint density at radius 3 is 2.38 bits per heavy atom. The average molecular weight is 329 g/mol. The van der Waals surface area contributed by atoms with Crippen molar-refractivity contribution in [3.8, 4) is 0 Å². The summed E-state index contributed by atoms with van der Waals surface area (Å²) in [4.78, 5) is 36.1. The van der Waals surface area contributed by atoms with E-state index in [0.29, 0.717) is 18.2 Å². The number of imide groups is 1. The largest absolute Gasteiger partial charge is 0.465 e. The van der Waals surface area contributed by atoms with Gasteiger partial charge in [-0.3, -0.25) is 14.4 Å². The molecule has 24 heavy (non-hydrogen) atoms. The third-order valence-electron chi connectivity index (χ3n) is 4.08. The first-order valence-corrected chi connectivity index (χ1v) is 8.02. The molecule has 0 atom stereocenters. The summed E-state index contributed by atoms with van der Waals surface area (Å²) in [5.41, 5.74) is 1.28. The van der Waals surface area contributed by atoms with Crippen molar-refractivity contribution in [3.63, 3.8) is 0 Å². The van der Waals surface area contributed by atoms with E-state index in [0.717, 1.165) is 36.5 Å². The molecule has 1 aromatic carbocycles. The molecule has 0 radical (unpaired) electrons. The third-order valence-corrected chi connectivity index (χ3v) is 4.08. The lowest BCUT2D eigenvalue weighted by Crippen LogP contribution is -2.29. The van der Waals surface area contributed by atoms with Crippen LogP contribution in [0.15, 0.2) is 36.4 Å². The van der Waals surface area contributed by atoms with Crippen LogP contribution in [-0.4, -0.2) is 37.6 Å². The lowest BCUT2D eigenvalue weighted by molar-refractivity contribution is -0.143. The van der Waals surface area contributed by atoms with Gasteiger partial charge in [0, 0.05) is 18.1 Å². The summed E-state index contributed by atoms with van der Waals surface area (Å²) in [6.45, 7) is 2.06. The van der Waals surface area contributed by atoms with Gasteiger partial charge in [-0.1, -0.05) is 12.1 Å². The number of carbonyl (C=O) groups is 3. The van der Waals surface area contributed by atoms with Crippen molar-refractivity contribution in [1.29, 1.82) is 0 Å². The van der Waals surface area contributed by atoms with Crippen LogP contribution in [0, 0.1) is 5.92 Å². The molecule has 2 amide bonds. The predicted octanol–water partition coefficient (Wildman–Crippen LogP) is 1.63. The minimum Gasteiger partial charge on any atom is -0.465 e. The van der Waals surface area contributed by atoms with E-state index in [1.54, 1.807) is 24.3 Å². The molecule has 0 bridgehead atoms. The molecule has 2 aliphatic rings. The zero-order chi connectivity index (χ0) is 16.9. The first kappa shape index (κ1) is 16.4. The van der Waals surface area contributed by atoms with Crippen molar-refractivity contribution in [2.45, 2.75) is 19.3 Å². The Hall–Kier alpha value is -2.47. The summed E-state index contributed by atoms with van der Waals surface area (Å²) in [7, 11) is 0. The van der Waals surface area contributed by atoms with Gasteiger partial charge in [-0.25, -0.2) is 4.90 Å². The van der Waals surface area contributed by atoms with Crippen LogP contribution >= 0.6 is 0 Å². The van der Waals surface area contributed by atoms with Gasteiger partial charge in [-0.15, -0.1) is 0 Å². The highest BCUT2D eigenvalue weighted by atomic mass is 16.5. The van der Waals surface area contributed by atoms with Crippen molar-refractivity contribution in [2.75, 3.05) is 24.7 Å². The van der Waals surface area contributed by atoms with Crippen LogP contribution in [0.4, 0.5) is 5.69 Å². The average Bonchev–Trinajstić information content (AvgIpc) is 2.85. The maximum Gasteiger partial charge on any atom is 0.310 e. The smallest absolute Gasteiger partial charge is 0.310 e. The molecular weight excluding hydrogens is 310 g/mol. The zero-order valence-electron chi connectivity index (χ0n) is 13.3. The van der Waals surface area contributed by atoms with Crippen LogP contribution in [0.25, 0.3) is 0 Å². The molecule has 1 saturated heterocycles. The van der Waals surface area contributed by atoms with E-state index in [4.69, 9.17) is 9.47 Å². The van der Waals surface area contributed by atoms with Gasteiger partial charge in [-0.2, -0.15) is 0 Å². The molecule has 3 rings (SSSR count). The van der Waals surface area contributed by atoms with E-state index in [-0.39, 0.29) is 24.2 Å². The van der Waals surface area contributed by atoms with Crippen LogP contribution in [0.3, 0.4) is 0 Å². The van der Waals surface area contributed by atoms with E-state index in [1.807, 2.05) is 0 Å². The standard InChI is InChI=1S/C18H19NO5/c20-16-7-8-17(21)19(16)15-5-3-13(4-6-15)10-18(22)24-9-1-2-14-11-23-12-14/h3-8,14H,1-2,9-12H2. The number of esters is 1. The van der Waals surface area contributed by atoms with Crippen molar-refractivity contribution < 1.29 is 23.9 Å². The number of ether oxygens (including phenoxy) is 2. The topological polar surface area (TPSA) is 72.9 Å². The number of carbonyl (C=O) groups excluding carboxylic acids is 3. The summed E-state index contributed by atoms with van der Waals surface area (Å²) in [6.07, 6.45) is 4.53. The molecule has 0 aliphatic carbocycles. The van der Waals surface area contributed by atoms with Crippen molar-refractivity contribution >= 4 is 23.5 Å². The van der Waals surface area contributed by atoms with E-state index >= 15 is 0 Å². The van der Waals surface area contributed by atoms with Crippen molar-refractivity contribution in [1.82, 2.24) is 0 Å². The second kappa shape index (κ2) is 7.40. The molecular formula is C18H19NO5. The van der Waals surface area contributed by atoms with Crippen LogP contribution in [-0.2, 0) is 30.3 Å². The van der Waals surface area contributed by atoms with Crippen LogP contribution in [0.5, 0.6) is 0 Å². The number of hydrogen-bond acceptors (Lipinski definition) is 5. The minimum absolute atomic E-state index is 0.174. The van der Waals surface area contributed by atoms with Crippen LogP contribution in [0.2, 0.25) is 0 Å². The third kappa shape index (κ3) is 3.89. The Labute approximate surface area is 140 Å². The normalized spacial score (nSPS) is 17.2. The molecule has 1 aromatic rings. The molecule has 0 aromatic heterocycles. The van der Waals surface area contributed by atoms with E-state index in [1.165, 1.54) is 12.2 Å². The summed E-state index contributed by atoms with van der Waals surface area (Å²) < 4.78 is 10.3. The number of hydrogen-bond donors (Lipinski definition) is 0. The van der Waals surface area contributed by atoms with Crippen LogP contribution < -0.4 is 4.90 Å². The SMILES string of the molecule is O=C(Cc1ccc(N2C(=O)C=CC2=O)cc1)OCCCC1COC1. The molecule has 0 unspecified atom stereocenters. The van der Waals surface area contributed by atoms with Gasteiger partial charge in [-0.05, 0) is 30.5 Å². The van der Waals surface area contributed by atoms with Gasteiger partial charge in [0.1, 0.15) is 0 Å². The van der Waals surface area contributed by atoms with Crippen molar-refractivity contribution in [2.24, 2.45) is 5.92 Å². The Morgan fingerprint density at radius 2 is 1.79 bits per heavy atom. The fraction of sp³-hybridized carbons (Fsp3) is 0.389. The van der Waals surface area contributed by atoms with Gasteiger partial charge < -0.3 is 9.47 Å². The maximum atomic E-state index is 11.8. The van der Waals surface area contributed by atoms with E-state index in [9.17, 15) is 14.4 Å². The highest BCUT2D eigenvalue weighted by Crippen LogP contribution is 2.20. The Morgan fingerprint density at radius 1 is 1.12 bits per heavy atom. The van der Waals surface area contributed by atoms with Gasteiger partial charge in [0.25, 0.3) is 11.8 Å². The van der Waals surface area contributed by atoms with Gasteiger partial charge in [0.2, 0.25) is 0 Å². The number of nitrogens with zero attached hydrogens (tertiary/aromatic N) is 1. The maximum absolute atomic E-state index is 11.8. The Balaban J connectivity index is 1.44. The molecule has 1 fully saturated rings. The molecule has 6 heteroatoms. The zero-order valence-corrected chi connectivity index (χ0v) is 13.3. The summed E-state index contributed by atoms with van der Waals surface area (Å²) >= 11 is 0. The fourth-order valence-corrected chi connectivity index (χ4v) is 2.64. The highest BCUT2D eigenvalue weighted by molar-refractivity contribution is 6.28. The summed E-state index contributed by atoms with van der Waals surface area (Å²) in [5, 5.41) is 0. The van der Waals surface area contributed by atoms with E-state index in [2.05, 4.69) is 0 Å². The molecule has 2 heterocycles. The summed E-state index contributed by atoms with van der Waals surface area (Å²) in [6, 6.07) is 6.76. The number of benzene rings is 1. The number of rotatable bonds is 7. The van der Waals surface area contributed by atoms with Gasteiger partial charge >= 0.3 is 5.97 Å². The predicted molar refractivity (Wildman–Crippen MR) is 86.3 cm³/mol. The highest BCUT2D eigenvalue weighted by Gasteiger charge is 2.24. The summed E-state index contributed by atoms with van der Waals surface area (Å²) in [5.74, 6) is -0.377. The van der Waals surface area contributed by atoms with Crippen LogP contribution in [0.1, 0.15) is 18.4 Å². The number of amides is 2. The fourth-order valence-electron chi connectivity index (χ4n) is 2.64. The molecule has 0 N–H and O–H groups in total. The molecule has 6 nitrogen and oxygen atoms in total. The van der Waals surface area contributed by atoms with Crippen molar-refractivity contribution in [3.05, 3.63) is 42.0 Å². The van der Waals surface area contributed by atoms with E-state index < -0.39 is 0 Å². The molecule has 0 saturated carbocycles. The van der Waals surface area contributed by atoms with Gasteiger partial charge in [0.05, 0.1) is 31.9 Å². The quantitative estimate of drug-likeness (QED) is 0.432. The Kier molecular flexibility index (Phi) is 5.05.